The van der Waals surface area contributed by atoms with Crippen molar-refractivity contribution in [1.82, 2.24) is 4.90 Å². The summed E-state index contributed by atoms with van der Waals surface area (Å²) in [6.45, 7) is 2.56. The second kappa shape index (κ2) is 6.38. The first-order valence-corrected chi connectivity index (χ1v) is 9.87. The zero-order valence-electron chi connectivity index (χ0n) is 15.5. The number of rotatable bonds is 6. The Hall–Kier alpha value is -2.33. The quantitative estimate of drug-likeness (QED) is 0.851. The van der Waals surface area contributed by atoms with E-state index in [1.165, 1.54) is 35.1 Å². The van der Waals surface area contributed by atoms with Crippen LogP contribution in [0.3, 0.4) is 0 Å². The van der Waals surface area contributed by atoms with Crippen LogP contribution in [0, 0.1) is 5.41 Å². The molecule has 5 rings (SSSR count). The molecule has 4 nitrogen and oxygen atoms in total. The summed E-state index contributed by atoms with van der Waals surface area (Å²) in [4.78, 5) is 12.9. The van der Waals surface area contributed by atoms with Crippen LogP contribution in [0.2, 0.25) is 0 Å². The van der Waals surface area contributed by atoms with Gasteiger partial charge in [-0.05, 0) is 66.0 Å². The molecule has 2 aliphatic carbocycles. The summed E-state index contributed by atoms with van der Waals surface area (Å²) in [6, 6.07) is 15.1. The zero-order valence-corrected chi connectivity index (χ0v) is 15.5. The zero-order chi connectivity index (χ0) is 18.4. The molecule has 0 aromatic heterocycles. The average molecular weight is 363 g/mol. The molecule has 0 unspecified atom stereocenters. The van der Waals surface area contributed by atoms with Gasteiger partial charge in [-0.15, -0.1) is 0 Å². The summed E-state index contributed by atoms with van der Waals surface area (Å²) in [5, 5.41) is 8.94. The minimum atomic E-state index is -0.734. The van der Waals surface area contributed by atoms with Crippen molar-refractivity contribution >= 4 is 5.97 Å². The predicted molar refractivity (Wildman–Crippen MR) is 103 cm³/mol. The maximum Gasteiger partial charge on any atom is 0.317 e. The summed E-state index contributed by atoms with van der Waals surface area (Å²) in [7, 11) is 0. The fourth-order valence-electron chi connectivity index (χ4n) is 4.95. The maximum atomic E-state index is 10.9. The van der Waals surface area contributed by atoms with Crippen LogP contribution in [0.15, 0.2) is 42.5 Å². The fraction of sp³-hybridized carbons (Fsp3) is 0.435. The minimum Gasteiger partial charge on any atom is -0.489 e. The van der Waals surface area contributed by atoms with Crippen LogP contribution in [0.5, 0.6) is 5.75 Å². The number of nitrogens with zero attached hydrogens (tertiary/aromatic N) is 1. The molecule has 1 saturated carbocycles. The van der Waals surface area contributed by atoms with Crippen molar-refractivity contribution in [2.24, 2.45) is 5.41 Å². The maximum absolute atomic E-state index is 10.9. The van der Waals surface area contributed by atoms with Crippen LogP contribution < -0.4 is 4.74 Å². The molecule has 1 spiro atoms. The largest absolute Gasteiger partial charge is 0.489 e. The third-order valence-electron chi connectivity index (χ3n) is 6.25. The standard InChI is InChI=1S/C23H25NO3/c25-22(26)12-24-14-23(15-24)10-17-7-8-20(9-19(17)11-23)27-13-18-3-1-2-4-21(18)16-5-6-16/h1-4,7-9,16H,5-6,10-15H2,(H,25,26). The SMILES string of the molecule is O=C(O)CN1CC2(Cc3ccc(OCc4ccccc4C4CC4)cc3C2)C1. The van der Waals surface area contributed by atoms with Crippen LogP contribution in [0.25, 0.3) is 0 Å². The van der Waals surface area contributed by atoms with Crippen molar-refractivity contribution in [1.29, 1.82) is 0 Å². The third-order valence-corrected chi connectivity index (χ3v) is 6.25. The molecule has 2 aromatic rings. The number of likely N-dealkylation sites (tertiary alicyclic amines) is 1. The monoisotopic (exact) mass is 363 g/mol. The molecule has 1 aliphatic heterocycles. The first kappa shape index (κ1) is 16.8. The molecule has 1 heterocycles. The van der Waals surface area contributed by atoms with Gasteiger partial charge in [0, 0.05) is 18.5 Å². The lowest BCUT2D eigenvalue weighted by atomic mass is 9.77. The molecule has 1 N–H and O–H groups in total. The summed E-state index contributed by atoms with van der Waals surface area (Å²) < 4.78 is 6.14. The van der Waals surface area contributed by atoms with Crippen molar-refractivity contribution in [2.45, 2.75) is 38.2 Å². The summed E-state index contributed by atoms with van der Waals surface area (Å²) in [5.41, 5.74) is 5.77. The molecule has 4 heteroatoms. The van der Waals surface area contributed by atoms with E-state index in [0.717, 1.165) is 37.6 Å². The Bertz CT molecular complexity index is 881. The number of benzene rings is 2. The van der Waals surface area contributed by atoms with E-state index in [0.29, 0.717) is 6.61 Å². The number of aliphatic carboxylic acids is 1. The molecule has 2 fully saturated rings. The lowest BCUT2D eigenvalue weighted by Crippen LogP contribution is -2.58. The van der Waals surface area contributed by atoms with Crippen LogP contribution in [-0.4, -0.2) is 35.6 Å². The van der Waals surface area contributed by atoms with Gasteiger partial charge in [0.2, 0.25) is 0 Å². The molecule has 140 valence electrons. The number of carboxylic acid groups (broad SMARTS) is 1. The Labute approximate surface area is 159 Å². The predicted octanol–water partition coefficient (Wildman–Crippen LogP) is 3.63. The van der Waals surface area contributed by atoms with E-state index in [9.17, 15) is 4.79 Å². The fourth-order valence-corrected chi connectivity index (χ4v) is 4.95. The van der Waals surface area contributed by atoms with Crippen LogP contribution in [0.1, 0.15) is 41.0 Å². The molecule has 0 atom stereocenters. The van der Waals surface area contributed by atoms with E-state index in [1.807, 2.05) is 4.90 Å². The molecule has 0 bridgehead atoms. The van der Waals surface area contributed by atoms with Crippen molar-refractivity contribution in [3.63, 3.8) is 0 Å². The highest BCUT2D eigenvalue weighted by Crippen LogP contribution is 2.45. The van der Waals surface area contributed by atoms with Gasteiger partial charge in [0.15, 0.2) is 0 Å². The number of hydrogen-bond acceptors (Lipinski definition) is 3. The number of ether oxygens (including phenoxy) is 1. The van der Waals surface area contributed by atoms with Crippen molar-refractivity contribution < 1.29 is 14.6 Å². The van der Waals surface area contributed by atoms with Gasteiger partial charge >= 0.3 is 5.97 Å². The van der Waals surface area contributed by atoms with Crippen LogP contribution in [0.4, 0.5) is 0 Å². The van der Waals surface area contributed by atoms with Crippen molar-refractivity contribution in [3.8, 4) is 5.75 Å². The van der Waals surface area contributed by atoms with Gasteiger partial charge in [-0.3, -0.25) is 9.69 Å². The number of carboxylic acids is 1. The van der Waals surface area contributed by atoms with Gasteiger partial charge < -0.3 is 9.84 Å². The number of fused-ring (bicyclic) bond motifs is 1. The summed E-state index contributed by atoms with van der Waals surface area (Å²) in [6.07, 6.45) is 4.70. The number of hydrogen-bond donors (Lipinski definition) is 1. The second-order valence-electron chi connectivity index (χ2n) is 8.58. The van der Waals surface area contributed by atoms with Gasteiger partial charge in [0.25, 0.3) is 0 Å². The molecule has 3 aliphatic rings. The molecule has 27 heavy (non-hydrogen) atoms. The Balaban J connectivity index is 1.23. The lowest BCUT2D eigenvalue weighted by molar-refractivity contribution is -0.141. The smallest absolute Gasteiger partial charge is 0.317 e. The third kappa shape index (κ3) is 3.34. The van der Waals surface area contributed by atoms with E-state index in [2.05, 4.69) is 42.5 Å². The van der Waals surface area contributed by atoms with E-state index >= 15 is 0 Å². The lowest BCUT2D eigenvalue weighted by Gasteiger charge is -2.47. The van der Waals surface area contributed by atoms with E-state index in [1.54, 1.807) is 0 Å². The van der Waals surface area contributed by atoms with Gasteiger partial charge in [-0.1, -0.05) is 30.3 Å². The molecular formula is C23H25NO3. The Morgan fingerprint density at radius 2 is 1.89 bits per heavy atom. The minimum absolute atomic E-state index is 0.160. The molecule has 0 amide bonds. The normalized spacial score (nSPS) is 20.3. The van der Waals surface area contributed by atoms with Crippen LogP contribution >= 0.6 is 0 Å². The molecule has 0 radical (unpaired) electrons. The van der Waals surface area contributed by atoms with Crippen molar-refractivity contribution in [2.75, 3.05) is 19.6 Å². The van der Waals surface area contributed by atoms with Gasteiger partial charge in [-0.25, -0.2) is 0 Å². The highest BCUT2D eigenvalue weighted by Gasteiger charge is 2.47. The highest BCUT2D eigenvalue weighted by atomic mass is 16.5. The summed E-state index contributed by atoms with van der Waals surface area (Å²) >= 11 is 0. The van der Waals surface area contributed by atoms with Gasteiger partial charge in [-0.2, -0.15) is 0 Å². The first-order chi connectivity index (χ1) is 13.1. The average Bonchev–Trinajstić information content (AvgIpc) is 3.39. The van der Waals surface area contributed by atoms with Gasteiger partial charge in [0.05, 0.1) is 6.54 Å². The molecule has 2 aromatic carbocycles. The Morgan fingerprint density at radius 1 is 1.11 bits per heavy atom. The van der Waals surface area contributed by atoms with E-state index < -0.39 is 5.97 Å². The van der Waals surface area contributed by atoms with E-state index in [4.69, 9.17) is 9.84 Å². The number of carbonyl (C=O) groups is 1. The summed E-state index contributed by atoms with van der Waals surface area (Å²) in [5.74, 6) is 0.942. The first-order valence-electron chi connectivity index (χ1n) is 9.87. The van der Waals surface area contributed by atoms with E-state index in [-0.39, 0.29) is 12.0 Å². The van der Waals surface area contributed by atoms with Gasteiger partial charge in [0.1, 0.15) is 12.4 Å². The Kier molecular flexibility index (Phi) is 3.97. The van der Waals surface area contributed by atoms with Crippen molar-refractivity contribution in [3.05, 3.63) is 64.7 Å². The topological polar surface area (TPSA) is 49.8 Å². The molecule has 1 saturated heterocycles. The molecular weight excluding hydrogens is 338 g/mol. The highest BCUT2D eigenvalue weighted by molar-refractivity contribution is 5.69. The second-order valence-corrected chi connectivity index (χ2v) is 8.58. The van der Waals surface area contributed by atoms with Crippen LogP contribution in [-0.2, 0) is 24.2 Å². The Morgan fingerprint density at radius 3 is 2.67 bits per heavy atom.